The molecule has 1 aromatic rings. The highest BCUT2D eigenvalue weighted by molar-refractivity contribution is 7.93. The van der Waals surface area contributed by atoms with Crippen LogP contribution in [-0.4, -0.2) is 83.9 Å². The molecule has 1 fully saturated rings. The van der Waals surface area contributed by atoms with Crippen LogP contribution in [0.2, 0.25) is 0 Å². The fourth-order valence-electron chi connectivity index (χ4n) is 2.87. The van der Waals surface area contributed by atoms with E-state index in [9.17, 15) is 21.6 Å². The van der Waals surface area contributed by atoms with E-state index in [-0.39, 0.29) is 22.4 Å². The molecule has 0 radical (unpaired) electrons. The number of hydrogen-bond donors (Lipinski definition) is 1. The van der Waals surface area contributed by atoms with Crippen molar-refractivity contribution in [1.82, 2.24) is 14.5 Å². The van der Waals surface area contributed by atoms with Crippen molar-refractivity contribution in [1.29, 1.82) is 0 Å². The zero-order valence-electron chi connectivity index (χ0n) is 17.2. The summed E-state index contributed by atoms with van der Waals surface area (Å²) in [6, 6.07) is 5.52. The van der Waals surface area contributed by atoms with Crippen LogP contribution in [0.4, 0.5) is 4.79 Å². The van der Waals surface area contributed by atoms with Gasteiger partial charge in [0.1, 0.15) is 10.5 Å². The second-order valence-corrected chi connectivity index (χ2v) is 11.6. The average molecular weight is 448 g/mol. The van der Waals surface area contributed by atoms with Crippen molar-refractivity contribution in [3.05, 3.63) is 24.3 Å². The number of amides is 1. The Morgan fingerprint density at radius 3 is 2.10 bits per heavy atom. The SMILES string of the molecule is CC(C)(C)OC(=O)N1CCN(CCNS(=O)(=O)c2ccccc2S(C)(=O)=O)CC1. The van der Waals surface area contributed by atoms with Gasteiger partial charge in [-0.25, -0.2) is 26.4 Å². The Morgan fingerprint density at radius 1 is 1.03 bits per heavy atom. The summed E-state index contributed by atoms with van der Waals surface area (Å²) in [5, 5.41) is 0. The maximum atomic E-state index is 12.6. The normalized spacial score (nSPS) is 16.6. The third-order valence-electron chi connectivity index (χ3n) is 4.28. The van der Waals surface area contributed by atoms with Gasteiger partial charge in [0.2, 0.25) is 10.0 Å². The van der Waals surface area contributed by atoms with Gasteiger partial charge in [-0.2, -0.15) is 0 Å². The largest absolute Gasteiger partial charge is 0.444 e. The Morgan fingerprint density at radius 2 is 1.59 bits per heavy atom. The molecule has 0 bridgehead atoms. The molecule has 1 heterocycles. The van der Waals surface area contributed by atoms with Gasteiger partial charge in [-0.3, -0.25) is 4.90 Å². The van der Waals surface area contributed by atoms with Crippen LogP contribution in [0, 0.1) is 0 Å². The first-order valence-corrected chi connectivity index (χ1v) is 12.7. The molecule has 0 unspecified atom stereocenters. The topological polar surface area (TPSA) is 113 Å². The Kier molecular flexibility index (Phi) is 7.31. The lowest BCUT2D eigenvalue weighted by molar-refractivity contribution is 0.0147. The van der Waals surface area contributed by atoms with E-state index < -0.39 is 25.5 Å². The number of benzene rings is 1. The van der Waals surface area contributed by atoms with Crippen molar-refractivity contribution in [2.75, 3.05) is 45.5 Å². The van der Waals surface area contributed by atoms with Crippen LogP contribution >= 0.6 is 0 Å². The summed E-state index contributed by atoms with van der Waals surface area (Å²) in [6.07, 6.45) is 0.626. The van der Waals surface area contributed by atoms with Gasteiger partial charge in [-0.1, -0.05) is 12.1 Å². The molecular formula is C18H29N3O6S2. The number of piperazine rings is 1. The van der Waals surface area contributed by atoms with Crippen molar-refractivity contribution < 1.29 is 26.4 Å². The number of nitrogens with one attached hydrogen (secondary N) is 1. The third kappa shape index (κ3) is 6.95. The second kappa shape index (κ2) is 8.99. The van der Waals surface area contributed by atoms with E-state index in [2.05, 4.69) is 4.72 Å². The maximum Gasteiger partial charge on any atom is 0.410 e. The van der Waals surface area contributed by atoms with Crippen LogP contribution in [0.25, 0.3) is 0 Å². The predicted octanol–water partition coefficient (Wildman–Crippen LogP) is 0.921. The minimum absolute atomic E-state index is 0.132. The number of rotatable bonds is 6. The van der Waals surface area contributed by atoms with Gasteiger partial charge in [0.05, 0.1) is 4.90 Å². The summed E-state index contributed by atoms with van der Waals surface area (Å²) in [7, 11) is -7.63. The lowest BCUT2D eigenvalue weighted by Crippen LogP contribution is -2.51. The molecule has 0 aromatic heterocycles. The van der Waals surface area contributed by atoms with Crippen molar-refractivity contribution in [2.24, 2.45) is 0 Å². The van der Waals surface area contributed by atoms with Crippen molar-refractivity contribution >= 4 is 26.0 Å². The fourth-order valence-corrected chi connectivity index (χ4v) is 5.52. The Labute approximate surface area is 173 Å². The molecule has 11 heteroatoms. The zero-order chi connectivity index (χ0) is 21.9. The lowest BCUT2D eigenvalue weighted by atomic mass is 10.2. The smallest absolute Gasteiger partial charge is 0.410 e. The van der Waals surface area contributed by atoms with E-state index in [1.165, 1.54) is 24.3 Å². The molecule has 1 aromatic carbocycles. The lowest BCUT2D eigenvalue weighted by Gasteiger charge is -2.35. The summed E-state index contributed by atoms with van der Waals surface area (Å²) >= 11 is 0. The summed E-state index contributed by atoms with van der Waals surface area (Å²) in [5.74, 6) is 0. The van der Waals surface area contributed by atoms with Gasteiger partial charge in [0.15, 0.2) is 9.84 Å². The van der Waals surface area contributed by atoms with Gasteiger partial charge < -0.3 is 9.64 Å². The molecule has 1 N–H and O–H groups in total. The molecule has 1 aliphatic rings. The minimum Gasteiger partial charge on any atom is -0.444 e. The third-order valence-corrected chi connectivity index (χ3v) is 7.09. The number of ether oxygens (including phenoxy) is 1. The maximum absolute atomic E-state index is 12.6. The van der Waals surface area contributed by atoms with Crippen molar-refractivity contribution in [3.8, 4) is 0 Å². The van der Waals surface area contributed by atoms with E-state index in [4.69, 9.17) is 4.74 Å². The molecule has 29 heavy (non-hydrogen) atoms. The summed E-state index contributed by atoms with van der Waals surface area (Å²) in [6.45, 7) is 8.22. The van der Waals surface area contributed by atoms with Crippen LogP contribution < -0.4 is 4.72 Å². The van der Waals surface area contributed by atoms with Gasteiger partial charge in [0, 0.05) is 45.5 Å². The van der Waals surface area contributed by atoms with Gasteiger partial charge in [-0.05, 0) is 32.9 Å². The molecule has 1 amide bonds. The molecular weight excluding hydrogens is 418 g/mol. The first kappa shape index (κ1) is 23.6. The number of hydrogen-bond acceptors (Lipinski definition) is 7. The monoisotopic (exact) mass is 447 g/mol. The van der Waals surface area contributed by atoms with Crippen LogP contribution in [0.1, 0.15) is 20.8 Å². The minimum atomic E-state index is -3.96. The number of sulfonamides is 1. The van der Waals surface area contributed by atoms with Crippen LogP contribution in [0.3, 0.4) is 0 Å². The first-order valence-electron chi connectivity index (χ1n) is 9.29. The molecule has 0 atom stereocenters. The summed E-state index contributed by atoms with van der Waals surface area (Å²) < 4.78 is 56.6. The average Bonchev–Trinajstić information content (AvgIpc) is 2.60. The molecule has 2 rings (SSSR count). The highest BCUT2D eigenvalue weighted by Gasteiger charge is 2.27. The Bertz CT molecular complexity index is 931. The Balaban J connectivity index is 1.88. The predicted molar refractivity (Wildman–Crippen MR) is 109 cm³/mol. The van der Waals surface area contributed by atoms with Crippen LogP contribution in [0.5, 0.6) is 0 Å². The number of nitrogens with zero attached hydrogens (tertiary/aromatic N) is 2. The summed E-state index contributed by atoms with van der Waals surface area (Å²) in [5.41, 5.74) is -0.547. The molecule has 0 saturated carbocycles. The highest BCUT2D eigenvalue weighted by Crippen LogP contribution is 2.20. The highest BCUT2D eigenvalue weighted by atomic mass is 32.2. The van der Waals surface area contributed by atoms with E-state index in [0.29, 0.717) is 32.7 Å². The standard InChI is InChI=1S/C18H29N3O6S2/c1-18(2,3)27-17(22)21-13-11-20(12-14-21)10-9-19-29(25,26)16-8-6-5-7-15(16)28(4,23)24/h5-8,19H,9-14H2,1-4H3. The van der Waals surface area contributed by atoms with Gasteiger partial charge in [-0.15, -0.1) is 0 Å². The molecule has 0 spiro atoms. The number of carbonyl (C=O) groups is 1. The van der Waals surface area contributed by atoms with Gasteiger partial charge >= 0.3 is 6.09 Å². The molecule has 1 saturated heterocycles. The van der Waals surface area contributed by atoms with Crippen LogP contribution in [-0.2, 0) is 24.6 Å². The first-order chi connectivity index (χ1) is 13.3. The molecule has 0 aliphatic carbocycles. The van der Waals surface area contributed by atoms with Crippen molar-refractivity contribution in [3.63, 3.8) is 0 Å². The van der Waals surface area contributed by atoms with E-state index in [1.54, 1.807) is 4.90 Å². The van der Waals surface area contributed by atoms with E-state index in [1.807, 2.05) is 25.7 Å². The quantitative estimate of drug-likeness (QED) is 0.690. The van der Waals surface area contributed by atoms with Crippen molar-refractivity contribution in [2.45, 2.75) is 36.2 Å². The molecule has 164 valence electrons. The number of sulfone groups is 1. The molecule has 9 nitrogen and oxygen atoms in total. The second-order valence-electron chi connectivity index (χ2n) is 7.93. The number of carbonyl (C=O) groups excluding carboxylic acids is 1. The summed E-state index contributed by atoms with van der Waals surface area (Å²) in [4.78, 5) is 15.3. The van der Waals surface area contributed by atoms with E-state index >= 15 is 0 Å². The van der Waals surface area contributed by atoms with Gasteiger partial charge in [0.25, 0.3) is 0 Å². The fraction of sp³-hybridized carbons (Fsp3) is 0.611. The zero-order valence-corrected chi connectivity index (χ0v) is 18.8. The Hall–Kier alpha value is -1.69. The van der Waals surface area contributed by atoms with Crippen LogP contribution in [0.15, 0.2) is 34.1 Å². The van der Waals surface area contributed by atoms with E-state index in [0.717, 1.165) is 6.26 Å². The molecule has 1 aliphatic heterocycles.